The highest BCUT2D eigenvalue weighted by Crippen LogP contribution is 2.41. The molecule has 0 amide bonds. The van der Waals surface area contributed by atoms with Crippen molar-refractivity contribution >= 4 is 17.7 Å². The lowest BCUT2D eigenvalue weighted by Gasteiger charge is -2.29. The third-order valence-corrected chi connectivity index (χ3v) is 5.31. The SMILES string of the molecule is CCOc1ccc(C(=O)C2=C(C(=O)OC)Nc3nnnn3[C@@H]2c2ccc(OC)cc2OC)cc1. The van der Waals surface area contributed by atoms with Gasteiger partial charge in [0, 0.05) is 17.2 Å². The zero-order valence-corrected chi connectivity index (χ0v) is 19.1. The molecule has 1 aliphatic rings. The van der Waals surface area contributed by atoms with Gasteiger partial charge < -0.3 is 24.3 Å². The number of methoxy groups -OCH3 is 3. The first-order valence-corrected chi connectivity index (χ1v) is 10.4. The molecule has 1 atom stereocenters. The Bertz CT molecular complexity index is 1250. The van der Waals surface area contributed by atoms with Crippen molar-refractivity contribution in [2.24, 2.45) is 0 Å². The number of hydrogen-bond acceptors (Lipinski definition) is 10. The van der Waals surface area contributed by atoms with Gasteiger partial charge in [-0.3, -0.25) is 4.79 Å². The topological polar surface area (TPSA) is 127 Å². The van der Waals surface area contributed by atoms with Gasteiger partial charge in [0.2, 0.25) is 5.95 Å². The van der Waals surface area contributed by atoms with Crippen LogP contribution in [0.15, 0.2) is 53.7 Å². The number of allylic oxidation sites excluding steroid dienone is 1. The van der Waals surface area contributed by atoms with Crippen molar-refractivity contribution in [3.05, 3.63) is 64.9 Å². The first kappa shape index (κ1) is 22.8. The van der Waals surface area contributed by atoms with E-state index in [0.717, 1.165) is 0 Å². The summed E-state index contributed by atoms with van der Waals surface area (Å²) in [5.74, 6) is 0.628. The maximum Gasteiger partial charge on any atom is 0.355 e. The normalized spacial score (nSPS) is 14.6. The third kappa shape index (κ3) is 4.03. The standard InChI is InChI=1S/C23H23N5O6/c1-5-34-14-8-6-13(7-9-14)21(29)18-19(22(30)33-4)24-23-25-26-27-28(23)20(18)16-11-10-15(31-2)12-17(16)32-3/h6-12,20H,5H2,1-4H3,(H,24,25,27)/t20-/m1/s1. The Morgan fingerprint density at radius 1 is 1.03 bits per heavy atom. The summed E-state index contributed by atoms with van der Waals surface area (Å²) in [5, 5.41) is 14.6. The number of carbonyl (C=O) groups excluding carboxylic acids is 2. The summed E-state index contributed by atoms with van der Waals surface area (Å²) in [5.41, 5.74) is 0.926. The summed E-state index contributed by atoms with van der Waals surface area (Å²) in [6.45, 7) is 2.37. The van der Waals surface area contributed by atoms with Gasteiger partial charge >= 0.3 is 5.97 Å². The molecule has 1 aromatic heterocycles. The first-order valence-electron chi connectivity index (χ1n) is 10.4. The molecule has 0 bridgehead atoms. The molecule has 0 saturated heterocycles. The van der Waals surface area contributed by atoms with Crippen molar-refractivity contribution in [3.63, 3.8) is 0 Å². The summed E-state index contributed by atoms with van der Waals surface area (Å²) >= 11 is 0. The Kier molecular flexibility index (Phi) is 6.44. The van der Waals surface area contributed by atoms with Crippen LogP contribution in [-0.2, 0) is 9.53 Å². The number of aromatic nitrogens is 4. The van der Waals surface area contributed by atoms with Crippen LogP contribution in [0, 0.1) is 0 Å². The molecular weight excluding hydrogens is 442 g/mol. The van der Waals surface area contributed by atoms with E-state index in [1.165, 1.54) is 26.0 Å². The van der Waals surface area contributed by atoms with Gasteiger partial charge in [-0.05, 0) is 53.7 Å². The lowest BCUT2D eigenvalue weighted by atomic mass is 9.89. The molecule has 11 nitrogen and oxygen atoms in total. The van der Waals surface area contributed by atoms with Crippen LogP contribution < -0.4 is 19.5 Å². The number of tetrazole rings is 1. The molecule has 11 heteroatoms. The van der Waals surface area contributed by atoms with Gasteiger partial charge in [-0.2, -0.15) is 4.68 Å². The second-order valence-electron chi connectivity index (χ2n) is 7.15. The number of anilines is 1. The van der Waals surface area contributed by atoms with Crippen LogP contribution in [0.3, 0.4) is 0 Å². The van der Waals surface area contributed by atoms with E-state index in [4.69, 9.17) is 18.9 Å². The molecule has 0 spiro atoms. The van der Waals surface area contributed by atoms with E-state index in [1.807, 2.05) is 6.92 Å². The molecule has 0 radical (unpaired) electrons. The minimum absolute atomic E-state index is 0.0634. The number of carbonyl (C=O) groups is 2. The molecule has 2 heterocycles. The molecule has 176 valence electrons. The van der Waals surface area contributed by atoms with Crippen LogP contribution in [0.1, 0.15) is 28.9 Å². The number of ether oxygens (including phenoxy) is 4. The molecule has 0 fully saturated rings. The van der Waals surface area contributed by atoms with Crippen molar-refractivity contribution in [2.45, 2.75) is 13.0 Å². The predicted octanol–water partition coefficient (Wildman–Crippen LogP) is 2.41. The fourth-order valence-corrected chi connectivity index (χ4v) is 3.75. The van der Waals surface area contributed by atoms with Crippen LogP contribution in [0.4, 0.5) is 5.95 Å². The van der Waals surface area contributed by atoms with E-state index in [9.17, 15) is 9.59 Å². The minimum Gasteiger partial charge on any atom is -0.497 e. The first-order chi connectivity index (χ1) is 16.5. The van der Waals surface area contributed by atoms with Crippen LogP contribution >= 0.6 is 0 Å². The summed E-state index contributed by atoms with van der Waals surface area (Å²) in [7, 11) is 4.27. The summed E-state index contributed by atoms with van der Waals surface area (Å²) < 4.78 is 22.7. The molecule has 0 aliphatic carbocycles. The summed E-state index contributed by atoms with van der Waals surface area (Å²) in [6.07, 6.45) is 0. The molecule has 0 unspecified atom stereocenters. The average Bonchev–Trinajstić information content (AvgIpc) is 3.35. The van der Waals surface area contributed by atoms with Crippen LogP contribution in [0.25, 0.3) is 0 Å². The van der Waals surface area contributed by atoms with E-state index in [2.05, 4.69) is 20.8 Å². The van der Waals surface area contributed by atoms with E-state index in [0.29, 0.717) is 35.0 Å². The molecule has 1 N–H and O–H groups in total. The fraction of sp³-hybridized carbons (Fsp3) is 0.261. The van der Waals surface area contributed by atoms with Gasteiger partial charge in [0.05, 0.1) is 33.5 Å². The Morgan fingerprint density at radius 3 is 2.41 bits per heavy atom. The summed E-state index contributed by atoms with van der Waals surface area (Å²) in [6, 6.07) is 10.9. The van der Waals surface area contributed by atoms with E-state index in [1.54, 1.807) is 42.5 Å². The molecule has 0 saturated carbocycles. The van der Waals surface area contributed by atoms with E-state index < -0.39 is 17.8 Å². The Labute approximate surface area is 195 Å². The quantitative estimate of drug-likeness (QED) is 0.391. The van der Waals surface area contributed by atoms with Gasteiger partial charge in [0.25, 0.3) is 0 Å². The molecule has 1 aliphatic heterocycles. The second kappa shape index (κ2) is 9.61. The number of nitrogens with one attached hydrogen (secondary N) is 1. The van der Waals surface area contributed by atoms with E-state index >= 15 is 0 Å². The number of rotatable bonds is 8. The third-order valence-electron chi connectivity index (χ3n) is 5.31. The fourth-order valence-electron chi connectivity index (χ4n) is 3.75. The maximum atomic E-state index is 13.8. The average molecular weight is 465 g/mol. The highest BCUT2D eigenvalue weighted by molar-refractivity contribution is 6.15. The Balaban J connectivity index is 1.92. The lowest BCUT2D eigenvalue weighted by molar-refractivity contribution is -0.136. The minimum atomic E-state index is -0.889. The maximum absolute atomic E-state index is 13.8. The smallest absolute Gasteiger partial charge is 0.355 e. The number of ketones is 1. The lowest BCUT2D eigenvalue weighted by Crippen LogP contribution is -2.33. The van der Waals surface area contributed by atoms with Crippen LogP contribution in [-0.4, -0.2) is 59.9 Å². The monoisotopic (exact) mass is 465 g/mol. The van der Waals surface area contributed by atoms with Crippen molar-refractivity contribution in [2.75, 3.05) is 33.3 Å². The number of Topliss-reactive ketones (excluding diaryl/α,β-unsaturated/α-hetero) is 1. The van der Waals surface area contributed by atoms with Gasteiger partial charge in [0.1, 0.15) is 29.0 Å². The molecule has 4 rings (SSSR count). The van der Waals surface area contributed by atoms with Crippen LogP contribution in [0.5, 0.6) is 17.2 Å². The highest BCUT2D eigenvalue weighted by atomic mass is 16.5. The Hall–Kier alpha value is -4.41. The Morgan fingerprint density at radius 2 is 1.76 bits per heavy atom. The zero-order valence-electron chi connectivity index (χ0n) is 19.1. The molecule has 3 aromatic rings. The molecule has 2 aromatic carbocycles. The van der Waals surface area contributed by atoms with Crippen molar-refractivity contribution < 1.29 is 28.5 Å². The van der Waals surface area contributed by atoms with Crippen LogP contribution in [0.2, 0.25) is 0 Å². The number of benzene rings is 2. The molecule has 34 heavy (non-hydrogen) atoms. The van der Waals surface area contributed by atoms with Crippen molar-refractivity contribution in [1.29, 1.82) is 0 Å². The number of fused-ring (bicyclic) bond motifs is 1. The number of hydrogen-bond donors (Lipinski definition) is 1. The van der Waals surface area contributed by atoms with Gasteiger partial charge in [-0.25, -0.2) is 4.79 Å². The largest absolute Gasteiger partial charge is 0.497 e. The zero-order chi connectivity index (χ0) is 24.2. The highest BCUT2D eigenvalue weighted by Gasteiger charge is 2.39. The second-order valence-corrected chi connectivity index (χ2v) is 7.15. The van der Waals surface area contributed by atoms with Gasteiger partial charge in [-0.1, -0.05) is 5.10 Å². The number of esters is 1. The van der Waals surface area contributed by atoms with Gasteiger partial charge in [-0.15, -0.1) is 0 Å². The van der Waals surface area contributed by atoms with Gasteiger partial charge in [0.15, 0.2) is 5.78 Å². The summed E-state index contributed by atoms with van der Waals surface area (Å²) in [4.78, 5) is 26.6. The van der Waals surface area contributed by atoms with Crippen molar-refractivity contribution in [3.8, 4) is 17.2 Å². The number of nitrogens with zero attached hydrogens (tertiary/aromatic N) is 4. The molecular formula is C23H23N5O6. The van der Waals surface area contributed by atoms with Crippen molar-refractivity contribution in [1.82, 2.24) is 20.2 Å². The van der Waals surface area contributed by atoms with E-state index in [-0.39, 0.29) is 17.2 Å². The predicted molar refractivity (Wildman–Crippen MR) is 120 cm³/mol.